The highest BCUT2D eigenvalue weighted by molar-refractivity contribution is 6.42. The molecule has 1 amide bonds. The molecule has 23 heavy (non-hydrogen) atoms. The van der Waals surface area contributed by atoms with Crippen molar-refractivity contribution in [1.82, 2.24) is 0 Å². The van der Waals surface area contributed by atoms with Crippen molar-refractivity contribution < 1.29 is 14.7 Å². The molecule has 0 aliphatic rings. The zero-order valence-corrected chi connectivity index (χ0v) is 13.9. The van der Waals surface area contributed by atoms with Crippen molar-refractivity contribution >= 4 is 40.8 Å². The van der Waals surface area contributed by atoms with Crippen LogP contribution in [0.15, 0.2) is 42.5 Å². The van der Waals surface area contributed by atoms with Crippen molar-refractivity contribution in [3.8, 4) is 0 Å². The number of anilines is 1. The smallest absolute Gasteiger partial charge is 0.303 e. The summed E-state index contributed by atoms with van der Waals surface area (Å²) in [6.07, 6.45) is 0.357. The van der Waals surface area contributed by atoms with Gasteiger partial charge in [0, 0.05) is 24.7 Å². The highest BCUT2D eigenvalue weighted by atomic mass is 35.5. The Balaban J connectivity index is 2.28. The number of carbonyl (C=O) groups excluding carboxylic acids is 1. The van der Waals surface area contributed by atoms with E-state index in [0.29, 0.717) is 27.7 Å². The van der Waals surface area contributed by atoms with Gasteiger partial charge in [-0.15, -0.1) is 0 Å². The van der Waals surface area contributed by atoms with Crippen LogP contribution in [0.1, 0.15) is 22.3 Å². The minimum atomic E-state index is -0.877. The van der Waals surface area contributed by atoms with Gasteiger partial charge in [0.25, 0.3) is 5.91 Å². The number of carboxylic acids is 1. The summed E-state index contributed by atoms with van der Waals surface area (Å²) in [4.78, 5) is 24.9. The molecule has 120 valence electrons. The molecular formula is C17H15Cl2NO3. The number of hydrogen-bond donors (Lipinski definition) is 1. The van der Waals surface area contributed by atoms with Crippen LogP contribution in [0.2, 0.25) is 10.0 Å². The number of benzene rings is 2. The number of carbonyl (C=O) groups is 2. The fraction of sp³-hybridized carbons (Fsp3) is 0.176. The van der Waals surface area contributed by atoms with Gasteiger partial charge in [0.15, 0.2) is 0 Å². The van der Waals surface area contributed by atoms with Gasteiger partial charge in [-0.25, -0.2) is 0 Å². The van der Waals surface area contributed by atoms with Crippen molar-refractivity contribution in [2.45, 2.75) is 12.8 Å². The maximum absolute atomic E-state index is 12.6. The highest BCUT2D eigenvalue weighted by Crippen LogP contribution is 2.26. The van der Waals surface area contributed by atoms with E-state index in [1.807, 2.05) is 12.1 Å². The first-order chi connectivity index (χ1) is 10.9. The molecule has 0 aliphatic carbocycles. The predicted octanol–water partition coefficient (Wildman–Crippen LogP) is 4.29. The average molecular weight is 352 g/mol. The molecule has 0 saturated carbocycles. The second kappa shape index (κ2) is 7.49. The van der Waals surface area contributed by atoms with Crippen molar-refractivity contribution in [3.05, 3.63) is 63.6 Å². The molecule has 0 aromatic heterocycles. The molecule has 6 heteroatoms. The van der Waals surface area contributed by atoms with Crippen molar-refractivity contribution in [1.29, 1.82) is 0 Å². The van der Waals surface area contributed by atoms with Gasteiger partial charge in [-0.1, -0.05) is 41.4 Å². The third kappa shape index (κ3) is 4.24. The number of aliphatic carboxylic acids is 1. The molecule has 4 nitrogen and oxygen atoms in total. The Kier molecular flexibility index (Phi) is 5.64. The Morgan fingerprint density at radius 3 is 2.43 bits per heavy atom. The van der Waals surface area contributed by atoms with Gasteiger partial charge in [-0.05, 0) is 36.2 Å². The van der Waals surface area contributed by atoms with Gasteiger partial charge >= 0.3 is 5.97 Å². The number of para-hydroxylation sites is 1. The predicted molar refractivity (Wildman–Crippen MR) is 91.6 cm³/mol. The molecule has 0 fully saturated rings. The molecule has 2 rings (SSSR count). The maximum Gasteiger partial charge on any atom is 0.303 e. The van der Waals surface area contributed by atoms with Gasteiger partial charge in [0.05, 0.1) is 10.0 Å². The van der Waals surface area contributed by atoms with E-state index in [0.717, 1.165) is 5.56 Å². The fourth-order valence-corrected chi connectivity index (χ4v) is 2.52. The SMILES string of the molecule is CN(C(=O)c1ccc(Cl)c(Cl)c1)c1ccccc1CCC(=O)O. The molecule has 0 atom stereocenters. The molecule has 0 unspecified atom stereocenters. The van der Waals surface area contributed by atoms with Crippen molar-refractivity contribution in [3.63, 3.8) is 0 Å². The fourth-order valence-electron chi connectivity index (χ4n) is 2.22. The molecule has 2 aromatic carbocycles. The van der Waals surface area contributed by atoms with E-state index in [2.05, 4.69) is 0 Å². The number of rotatable bonds is 5. The lowest BCUT2D eigenvalue weighted by Crippen LogP contribution is -2.27. The van der Waals surface area contributed by atoms with Crippen LogP contribution in [0.3, 0.4) is 0 Å². The van der Waals surface area contributed by atoms with Crippen molar-refractivity contribution in [2.24, 2.45) is 0 Å². The first kappa shape index (κ1) is 17.3. The van der Waals surface area contributed by atoms with E-state index in [-0.39, 0.29) is 12.3 Å². The molecule has 2 aromatic rings. The monoisotopic (exact) mass is 351 g/mol. The summed E-state index contributed by atoms with van der Waals surface area (Å²) in [6.45, 7) is 0. The summed E-state index contributed by atoms with van der Waals surface area (Å²) in [7, 11) is 1.64. The maximum atomic E-state index is 12.6. The lowest BCUT2D eigenvalue weighted by atomic mass is 10.1. The van der Waals surface area contributed by atoms with Gasteiger partial charge < -0.3 is 10.0 Å². The van der Waals surface area contributed by atoms with Crippen LogP contribution < -0.4 is 4.90 Å². The Morgan fingerprint density at radius 1 is 1.09 bits per heavy atom. The quantitative estimate of drug-likeness (QED) is 0.874. The molecule has 0 spiro atoms. The number of hydrogen-bond acceptors (Lipinski definition) is 2. The zero-order valence-electron chi connectivity index (χ0n) is 12.4. The zero-order chi connectivity index (χ0) is 17.0. The van der Waals surface area contributed by atoms with Gasteiger partial charge in [0.2, 0.25) is 0 Å². The van der Waals surface area contributed by atoms with E-state index in [9.17, 15) is 9.59 Å². The number of aryl methyl sites for hydroxylation is 1. The first-order valence-corrected chi connectivity index (χ1v) is 7.68. The van der Waals surface area contributed by atoms with Crippen LogP contribution in [0.25, 0.3) is 0 Å². The van der Waals surface area contributed by atoms with Gasteiger partial charge in [-0.2, -0.15) is 0 Å². The lowest BCUT2D eigenvalue weighted by molar-refractivity contribution is -0.136. The van der Waals surface area contributed by atoms with Crippen LogP contribution in [-0.4, -0.2) is 24.0 Å². The van der Waals surface area contributed by atoms with Crippen LogP contribution in [0.5, 0.6) is 0 Å². The second-order valence-corrected chi connectivity index (χ2v) is 5.83. The van der Waals surface area contributed by atoms with Crippen LogP contribution in [0.4, 0.5) is 5.69 Å². The molecular weight excluding hydrogens is 337 g/mol. The standard InChI is InChI=1S/C17H15Cl2NO3/c1-20(17(23)12-6-8-13(18)14(19)10-12)15-5-3-2-4-11(15)7-9-16(21)22/h2-6,8,10H,7,9H2,1H3,(H,21,22). The van der Waals surface area contributed by atoms with Gasteiger partial charge in [0.1, 0.15) is 0 Å². The summed E-state index contributed by atoms with van der Waals surface area (Å²) < 4.78 is 0. The molecule has 0 bridgehead atoms. The second-order valence-electron chi connectivity index (χ2n) is 5.02. The molecule has 1 N–H and O–H groups in total. The molecule has 0 radical (unpaired) electrons. The third-order valence-electron chi connectivity index (χ3n) is 3.43. The molecule has 0 saturated heterocycles. The average Bonchev–Trinajstić information content (AvgIpc) is 2.54. The molecule has 0 heterocycles. The summed E-state index contributed by atoms with van der Waals surface area (Å²) in [6, 6.07) is 11.9. The largest absolute Gasteiger partial charge is 0.481 e. The Morgan fingerprint density at radius 2 is 1.78 bits per heavy atom. The highest BCUT2D eigenvalue weighted by Gasteiger charge is 2.17. The normalized spacial score (nSPS) is 10.4. The first-order valence-electron chi connectivity index (χ1n) is 6.93. The number of halogens is 2. The van der Waals surface area contributed by atoms with Crippen molar-refractivity contribution in [2.75, 3.05) is 11.9 Å². The van der Waals surface area contributed by atoms with E-state index in [1.54, 1.807) is 31.3 Å². The van der Waals surface area contributed by atoms with E-state index in [1.165, 1.54) is 11.0 Å². The third-order valence-corrected chi connectivity index (χ3v) is 4.17. The Labute approximate surface area is 144 Å². The summed E-state index contributed by atoms with van der Waals surface area (Å²) in [5.74, 6) is -1.12. The van der Waals surface area contributed by atoms with E-state index in [4.69, 9.17) is 28.3 Å². The minimum Gasteiger partial charge on any atom is -0.481 e. The topological polar surface area (TPSA) is 57.6 Å². The van der Waals surface area contributed by atoms with E-state index >= 15 is 0 Å². The number of amides is 1. The lowest BCUT2D eigenvalue weighted by Gasteiger charge is -2.21. The van der Waals surface area contributed by atoms with Crippen LogP contribution in [-0.2, 0) is 11.2 Å². The summed E-state index contributed by atoms with van der Waals surface area (Å²) in [5.41, 5.74) is 1.88. The van der Waals surface area contributed by atoms with Gasteiger partial charge in [-0.3, -0.25) is 9.59 Å². The summed E-state index contributed by atoms with van der Waals surface area (Å²) in [5, 5.41) is 9.53. The van der Waals surface area contributed by atoms with Crippen LogP contribution in [0, 0.1) is 0 Å². The molecule has 0 aliphatic heterocycles. The van der Waals surface area contributed by atoms with Crippen LogP contribution >= 0.6 is 23.2 Å². The number of nitrogens with zero attached hydrogens (tertiary/aromatic N) is 1. The Hall–Kier alpha value is -2.04. The minimum absolute atomic E-state index is 0.00577. The van der Waals surface area contributed by atoms with E-state index < -0.39 is 5.97 Å². The number of carboxylic acid groups (broad SMARTS) is 1. The summed E-state index contributed by atoms with van der Waals surface area (Å²) >= 11 is 11.8. The Bertz CT molecular complexity index is 746.